The molecule has 12 heteroatoms. The lowest BCUT2D eigenvalue weighted by Gasteiger charge is -2.16. The van der Waals surface area contributed by atoms with Gasteiger partial charge in [0, 0.05) is 23.6 Å². The Bertz CT molecular complexity index is 1570. The van der Waals surface area contributed by atoms with Crippen LogP contribution in [0, 0.1) is 35.8 Å². The minimum Gasteiger partial charge on any atom is -0.369 e. The summed E-state index contributed by atoms with van der Waals surface area (Å²) in [6.07, 6.45) is 1.65. The standard InChI is InChI=1S/C24H19F3N8O/c1-13-11-14(25)5-6-15(13)20-16-7-8-19(36)35(21-17(26)3-2-4-18(21)27)22(16)34-24(33-20)31-10-9-30-23(29)32-12-28/h2-8,11H,9-10H2,1H3,(H3,29,30,32)(H,31,33,34). The van der Waals surface area contributed by atoms with E-state index in [9.17, 15) is 18.0 Å². The van der Waals surface area contributed by atoms with Crippen LogP contribution in [0.15, 0.2) is 58.3 Å². The number of nitrogens with two attached hydrogens (primary N) is 1. The highest BCUT2D eigenvalue weighted by Gasteiger charge is 2.20. The van der Waals surface area contributed by atoms with Crippen molar-refractivity contribution in [2.24, 2.45) is 10.7 Å². The molecule has 0 amide bonds. The van der Waals surface area contributed by atoms with Crippen LogP contribution in [0.4, 0.5) is 19.1 Å². The molecule has 0 saturated carbocycles. The van der Waals surface area contributed by atoms with Gasteiger partial charge in [0.2, 0.25) is 11.9 Å². The third-order valence-corrected chi connectivity index (χ3v) is 5.22. The van der Waals surface area contributed by atoms with Gasteiger partial charge in [0.05, 0.1) is 12.2 Å². The summed E-state index contributed by atoms with van der Waals surface area (Å²) in [4.78, 5) is 25.7. The number of pyridine rings is 1. The number of nitrogens with one attached hydrogen (secondary N) is 2. The van der Waals surface area contributed by atoms with E-state index in [1.807, 2.05) is 0 Å². The molecule has 9 nitrogen and oxygen atoms in total. The minimum atomic E-state index is -0.952. The summed E-state index contributed by atoms with van der Waals surface area (Å²) in [5.74, 6) is -2.40. The first-order valence-electron chi connectivity index (χ1n) is 10.6. The number of nitrogens with zero attached hydrogens (tertiary/aromatic N) is 5. The number of benzene rings is 2. The van der Waals surface area contributed by atoms with Crippen molar-refractivity contribution in [2.75, 3.05) is 18.4 Å². The van der Waals surface area contributed by atoms with Crippen molar-refractivity contribution >= 4 is 22.9 Å². The number of aryl methyl sites for hydroxylation is 1. The van der Waals surface area contributed by atoms with E-state index in [0.29, 0.717) is 22.2 Å². The Hall–Kier alpha value is -4.92. The van der Waals surface area contributed by atoms with Crippen LogP contribution in [-0.2, 0) is 0 Å². The molecule has 4 aromatic rings. The highest BCUT2D eigenvalue weighted by Crippen LogP contribution is 2.31. The fraction of sp³-hybridized carbons (Fsp3) is 0.125. The van der Waals surface area contributed by atoms with Crippen LogP contribution in [0.3, 0.4) is 0 Å². The summed E-state index contributed by atoms with van der Waals surface area (Å²) >= 11 is 0. The van der Waals surface area contributed by atoms with Gasteiger partial charge in [-0.15, -0.1) is 0 Å². The molecule has 0 aliphatic heterocycles. The van der Waals surface area contributed by atoms with Crippen LogP contribution >= 0.6 is 0 Å². The van der Waals surface area contributed by atoms with Crippen molar-refractivity contribution in [3.63, 3.8) is 0 Å². The van der Waals surface area contributed by atoms with Gasteiger partial charge in [-0.1, -0.05) is 6.07 Å². The molecule has 0 spiro atoms. The maximum atomic E-state index is 14.7. The highest BCUT2D eigenvalue weighted by molar-refractivity contribution is 5.93. The van der Waals surface area contributed by atoms with E-state index >= 15 is 0 Å². The predicted octanol–water partition coefficient (Wildman–Crippen LogP) is 2.97. The summed E-state index contributed by atoms with van der Waals surface area (Å²) in [5, 5.41) is 14.0. The lowest BCUT2D eigenvalue weighted by molar-refractivity contribution is 0.568. The van der Waals surface area contributed by atoms with Gasteiger partial charge in [0.1, 0.15) is 23.1 Å². The molecule has 0 aliphatic rings. The van der Waals surface area contributed by atoms with Gasteiger partial charge in [-0.25, -0.2) is 18.2 Å². The normalized spacial score (nSPS) is 11.4. The molecular weight excluding hydrogens is 473 g/mol. The van der Waals surface area contributed by atoms with E-state index < -0.39 is 28.7 Å². The van der Waals surface area contributed by atoms with E-state index in [1.54, 1.807) is 13.1 Å². The van der Waals surface area contributed by atoms with E-state index in [1.165, 1.54) is 30.3 Å². The van der Waals surface area contributed by atoms with Crippen molar-refractivity contribution in [1.29, 1.82) is 5.26 Å². The zero-order chi connectivity index (χ0) is 25.8. The molecule has 0 unspecified atom stereocenters. The zero-order valence-corrected chi connectivity index (χ0v) is 18.9. The number of anilines is 1. The molecule has 2 aromatic carbocycles. The molecular formula is C24H19F3N8O. The molecule has 0 bridgehead atoms. The topological polar surface area (TPSA) is 134 Å². The number of nitriles is 1. The fourth-order valence-corrected chi connectivity index (χ4v) is 3.65. The number of para-hydroxylation sites is 1. The zero-order valence-electron chi connectivity index (χ0n) is 18.9. The number of guanidine groups is 1. The molecule has 0 atom stereocenters. The summed E-state index contributed by atoms with van der Waals surface area (Å²) in [6, 6.07) is 9.97. The number of hydrogen-bond acceptors (Lipinski definition) is 6. The van der Waals surface area contributed by atoms with E-state index in [0.717, 1.165) is 22.8 Å². The molecule has 0 radical (unpaired) electrons. The van der Waals surface area contributed by atoms with E-state index in [2.05, 4.69) is 25.6 Å². The second-order valence-corrected chi connectivity index (χ2v) is 7.60. The Balaban J connectivity index is 1.93. The van der Waals surface area contributed by atoms with Crippen LogP contribution in [0.2, 0.25) is 0 Å². The van der Waals surface area contributed by atoms with Crippen LogP contribution in [0.5, 0.6) is 0 Å². The number of fused-ring (bicyclic) bond motifs is 1. The first kappa shape index (κ1) is 24.2. The molecule has 2 heterocycles. The van der Waals surface area contributed by atoms with E-state index in [-0.39, 0.29) is 30.6 Å². The first-order valence-corrected chi connectivity index (χ1v) is 10.6. The molecule has 0 fully saturated rings. The molecule has 2 aromatic heterocycles. The Morgan fingerprint density at radius 3 is 2.58 bits per heavy atom. The summed E-state index contributed by atoms with van der Waals surface area (Å²) < 4.78 is 44.0. The van der Waals surface area contributed by atoms with Crippen LogP contribution < -0.4 is 21.9 Å². The average Bonchev–Trinajstić information content (AvgIpc) is 2.83. The molecule has 0 saturated heterocycles. The van der Waals surface area contributed by atoms with Crippen molar-refractivity contribution in [1.82, 2.24) is 19.9 Å². The lowest BCUT2D eigenvalue weighted by Crippen LogP contribution is -2.28. The van der Waals surface area contributed by atoms with Crippen LogP contribution in [0.25, 0.3) is 28.0 Å². The summed E-state index contributed by atoms with van der Waals surface area (Å²) in [6.45, 7) is 1.99. The van der Waals surface area contributed by atoms with Gasteiger partial charge in [-0.05, 0) is 48.9 Å². The lowest BCUT2D eigenvalue weighted by atomic mass is 10.0. The predicted molar refractivity (Wildman–Crippen MR) is 129 cm³/mol. The van der Waals surface area contributed by atoms with Crippen molar-refractivity contribution in [2.45, 2.75) is 6.92 Å². The number of aromatic nitrogens is 3. The van der Waals surface area contributed by atoms with E-state index in [4.69, 9.17) is 11.0 Å². The van der Waals surface area contributed by atoms with Gasteiger partial charge >= 0.3 is 0 Å². The SMILES string of the molecule is Cc1cc(F)ccc1-c1nc(NCCN=C(N)NC#N)nc2c1ccc(=O)n2-c1c(F)cccc1F. The molecule has 4 rings (SSSR count). The molecule has 182 valence electrons. The summed E-state index contributed by atoms with van der Waals surface area (Å²) in [7, 11) is 0. The summed E-state index contributed by atoms with van der Waals surface area (Å²) in [5.41, 5.74) is 5.57. The Kier molecular flexibility index (Phi) is 6.82. The first-order chi connectivity index (χ1) is 17.3. The maximum Gasteiger partial charge on any atom is 0.256 e. The molecule has 0 aliphatic carbocycles. The minimum absolute atomic E-state index is 0.0272. The largest absolute Gasteiger partial charge is 0.369 e. The third kappa shape index (κ3) is 4.80. The van der Waals surface area contributed by atoms with Crippen LogP contribution in [0.1, 0.15) is 5.56 Å². The fourth-order valence-electron chi connectivity index (χ4n) is 3.65. The van der Waals surface area contributed by atoms with Crippen molar-refractivity contribution < 1.29 is 13.2 Å². The van der Waals surface area contributed by atoms with Crippen molar-refractivity contribution in [3.05, 3.63) is 81.9 Å². The van der Waals surface area contributed by atoms with Crippen LogP contribution in [-0.4, -0.2) is 33.6 Å². The van der Waals surface area contributed by atoms with Gasteiger partial charge in [0.15, 0.2) is 11.8 Å². The Morgan fingerprint density at radius 2 is 1.89 bits per heavy atom. The average molecular weight is 492 g/mol. The number of hydrogen-bond donors (Lipinski definition) is 3. The molecule has 36 heavy (non-hydrogen) atoms. The van der Waals surface area contributed by atoms with Gasteiger partial charge in [-0.3, -0.25) is 19.7 Å². The maximum absolute atomic E-state index is 14.7. The smallest absolute Gasteiger partial charge is 0.256 e. The highest BCUT2D eigenvalue weighted by atomic mass is 19.1. The van der Waals surface area contributed by atoms with Gasteiger partial charge in [0.25, 0.3) is 5.56 Å². The monoisotopic (exact) mass is 492 g/mol. The third-order valence-electron chi connectivity index (χ3n) is 5.22. The molecule has 4 N–H and O–H groups in total. The number of rotatable bonds is 6. The second-order valence-electron chi connectivity index (χ2n) is 7.60. The second kappa shape index (κ2) is 10.1. The van der Waals surface area contributed by atoms with Gasteiger partial charge < -0.3 is 11.1 Å². The Morgan fingerprint density at radius 1 is 1.14 bits per heavy atom. The van der Waals surface area contributed by atoms with Crippen molar-refractivity contribution in [3.8, 4) is 23.1 Å². The quantitative estimate of drug-likeness (QED) is 0.124. The Labute approximate surface area is 202 Å². The number of aliphatic imine (C=N–C) groups is 1. The van der Waals surface area contributed by atoms with Gasteiger partial charge in [-0.2, -0.15) is 10.2 Å². The number of halogens is 3.